The molecule has 4 saturated carbocycles. The molecule has 5 fully saturated rings. The molecule has 0 aromatic heterocycles. The fourth-order valence-electron chi connectivity index (χ4n) is 7.00. The van der Waals surface area contributed by atoms with Gasteiger partial charge in [-0.2, -0.15) is 5.26 Å². The second-order valence-corrected chi connectivity index (χ2v) is 9.69. The lowest BCUT2D eigenvalue weighted by Crippen LogP contribution is -2.62. The summed E-state index contributed by atoms with van der Waals surface area (Å²) in [5.74, 6) is -0.160. The normalized spacial score (nSPS) is 46.7. The molecule has 0 aromatic rings. The topological polar surface area (TPSA) is 42.2 Å². The number of hydrogen-bond acceptors (Lipinski definition) is 3. The molecule has 146 valence electrons. The predicted octanol–water partition coefficient (Wildman–Crippen LogP) is 5.60. The Morgan fingerprint density at radius 1 is 1.23 bits per heavy atom. The Hall–Kier alpha value is -0.660. The van der Waals surface area contributed by atoms with E-state index < -0.39 is 5.85 Å². The van der Waals surface area contributed by atoms with Crippen LogP contribution in [0.25, 0.3) is 0 Å². The Labute approximate surface area is 157 Å². The molecule has 1 saturated heterocycles. The van der Waals surface area contributed by atoms with Gasteiger partial charge in [0.1, 0.15) is 0 Å². The van der Waals surface area contributed by atoms with E-state index in [0.717, 1.165) is 57.8 Å². The van der Waals surface area contributed by atoms with Gasteiger partial charge in [-0.3, -0.25) is 0 Å². The van der Waals surface area contributed by atoms with Gasteiger partial charge < -0.3 is 9.47 Å². The molecule has 0 radical (unpaired) electrons. The smallest absolute Gasteiger partial charge is 0.217 e. The van der Waals surface area contributed by atoms with Crippen LogP contribution in [-0.2, 0) is 9.47 Å². The fraction of sp³-hybridized carbons (Fsp3) is 0.955. The summed E-state index contributed by atoms with van der Waals surface area (Å²) < 4.78 is 28.0. The zero-order chi connectivity index (χ0) is 18.4. The summed E-state index contributed by atoms with van der Waals surface area (Å²) in [6.45, 7) is 4.99. The fourth-order valence-corrected chi connectivity index (χ4v) is 7.00. The van der Waals surface area contributed by atoms with Gasteiger partial charge in [-0.15, -0.1) is 0 Å². The van der Waals surface area contributed by atoms with E-state index >= 15 is 4.39 Å². The lowest BCUT2D eigenvalue weighted by atomic mass is 9.44. The van der Waals surface area contributed by atoms with E-state index in [-0.39, 0.29) is 29.5 Å². The molecule has 5 atom stereocenters. The van der Waals surface area contributed by atoms with Gasteiger partial charge in [0.2, 0.25) is 5.85 Å². The molecule has 5 unspecified atom stereocenters. The van der Waals surface area contributed by atoms with Crippen molar-refractivity contribution in [3.63, 3.8) is 0 Å². The predicted molar refractivity (Wildman–Crippen MR) is 97.7 cm³/mol. The Bertz CT molecular complexity index is 537. The van der Waals surface area contributed by atoms with Gasteiger partial charge in [-0.05, 0) is 82.0 Å². The third-order valence-electron chi connectivity index (χ3n) is 8.02. The first-order chi connectivity index (χ1) is 12.5. The molecule has 4 bridgehead atoms. The van der Waals surface area contributed by atoms with Gasteiger partial charge in [0, 0.05) is 24.4 Å². The highest BCUT2D eigenvalue weighted by Gasteiger charge is 2.65. The molecule has 0 N–H and O–H groups in total. The molecular weight excluding hydrogens is 329 g/mol. The quantitative estimate of drug-likeness (QED) is 0.617. The van der Waals surface area contributed by atoms with Crippen LogP contribution in [0, 0.1) is 46.3 Å². The van der Waals surface area contributed by atoms with E-state index in [1.807, 2.05) is 6.92 Å². The second-order valence-electron chi connectivity index (χ2n) is 9.69. The average Bonchev–Trinajstić information content (AvgIpc) is 2.64. The number of nitriles is 1. The van der Waals surface area contributed by atoms with Gasteiger partial charge >= 0.3 is 0 Å². The number of nitrogens with zero attached hydrogens (tertiary/aromatic N) is 1. The molecular formula is C22H34FNO2. The van der Waals surface area contributed by atoms with Crippen LogP contribution in [0.3, 0.4) is 0 Å². The SMILES string of the molecule is CCC(CC(C)C#N)C12CC3CC(C1)C(F)(OC1CCCCO1)C(C3)C2. The van der Waals surface area contributed by atoms with E-state index in [1.54, 1.807) is 0 Å². The van der Waals surface area contributed by atoms with E-state index in [9.17, 15) is 5.26 Å². The maximum Gasteiger partial charge on any atom is 0.217 e. The first-order valence-corrected chi connectivity index (χ1v) is 10.9. The van der Waals surface area contributed by atoms with Gasteiger partial charge in [0.25, 0.3) is 0 Å². The third kappa shape index (κ3) is 3.10. The molecule has 4 heteroatoms. The number of hydrogen-bond donors (Lipinski definition) is 0. The van der Waals surface area contributed by atoms with E-state index in [0.29, 0.717) is 18.4 Å². The summed E-state index contributed by atoms with van der Waals surface area (Å²) in [6.07, 6.45) is 9.78. The molecule has 4 aliphatic carbocycles. The number of rotatable bonds is 6. The minimum Gasteiger partial charge on any atom is -0.353 e. The van der Waals surface area contributed by atoms with Crippen LogP contribution in [0.2, 0.25) is 0 Å². The van der Waals surface area contributed by atoms with E-state index in [1.165, 1.54) is 6.42 Å². The number of alkyl halides is 1. The Kier molecular flexibility index (Phi) is 5.07. The summed E-state index contributed by atoms with van der Waals surface area (Å²) >= 11 is 0. The molecule has 1 heterocycles. The van der Waals surface area contributed by atoms with Crippen LogP contribution in [0.15, 0.2) is 0 Å². The minimum absolute atomic E-state index is 0.0192. The van der Waals surface area contributed by atoms with Crippen molar-refractivity contribution in [2.45, 2.75) is 90.2 Å². The number of ether oxygens (including phenoxy) is 2. The molecule has 0 spiro atoms. The van der Waals surface area contributed by atoms with Crippen molar-refractivity contribution in [2.75, 3.05) is 6.61 Å². The molecule has 26 heavy (non-hydrogen) atoms. The zero-order valence-electron chi connectivity index (χ0n) is 16.4. The Morgan fingerprint density at radius 3 is 2.54 bits per heavy atom. The first kappa shape index (κ1) is 18.7. The first-order valence-electron chi connectivity index (χ1n) is 10.9. The van der Waals surface area contributed by atoms with Gasteiger partial charge in [0.05, 0.1) is 6.07 Å². The summed E-state index contributed by atoms with van der Waals surface area (Å²) in [5, 5.41) is 9.28. The van der Waals surface area contributed by atoms with Gasteiger partial charge in [-0.25, -0.2) is 4.39 Å². The van der Waals surface area contributed by atoms with Crippen molar-refractivity contribution in [1.29, 1.82) is 5.26 Å². The van der Waals surface area contributed by atoms with Crippen molar-refractivity contribution >= 4 is 0 Å². The molecule has 1 aliphatic heterocycles. The molecule has 0 aromatic carbocycles. The van der Waals surface area contributed by atoms with Crippen LogP contribution in [-0.4, -0.2) is 18.8 Å². The average molecular weight is 364 g/mol. The highest BCUT2D eigenvalue weighted by molar-refractivity contribution is 5.11. The van der Waals surface area contributed by atoms with Crippen LogP contribution in [0.5, 0.6) is 0 Å². The lowest BCUT2D eigenvalue weighted by molar-refractivity contribution is -0.351. The highest BCUT2D eigenvalue weighted by atomic mass is 19.2. The van der Waals surface area contributed by atoms with Crippen LogP contribution < -0.4 is 0 Å². The monoisotopic (exact) mass is 363 g/mol. The Balaban J connectivity index is 1.53. The van der Waals surface area contributed by atoms with Gasteiger partial charge in [-0.1, -0.05) is 13.3 Å². The van der Waals surface area contributed by atoms with Crippen molar-refractivity contribution in [1.82, 2.24) is 0 Å². The van der Waals surface area contributed by atoms with Crippen molar-refractivity contribution in [3.8, 4) is 6.07 Å². The van der Waals surface area contributed by atoms with Crippen molar-refractivity contribution in [2.24, 2.45) is 35.0 Å². The zero-order valence-corrected chi connectivity index (χ0v) is 16.4. The second kappa shape index (κ2) is 7.06. The maximum absolute atomic E-state index is 16.2. The number of halogens is 1. The van der Waals surface area contributed by atoms with Crippen LogP contribution in [0.1, 0.15) is 78.1 Å². The van der Waals surface area contributed by atoms with E-state index in [2.05, 4.69) is 13.0 Å². The summed E-state index contributed by atoms with van der Waals surface area (Å²) in [6, 6.07) is 2.42. The standard InChI is InChI=1S/C22H34FNO2/c1-3-17(8-15(2)14-24)21-11-16-9-18(12-21)22(23,19(10-16)13-21)26-20-6-4-5-7-25-20/h15-20H,3-13H2,1-2H3. The molecule has 3 nitrogen and oxygen atoms in total. The lowest BCUT2D eigenvalue weighted by Gasteiger charge is -2.64. The third-order valence-corrected chi connectivity index (χ3v) is 8.02. The Morgan fingerprint density at radius 2 is 1.96 bits per heavy atom. The van der Waals surface area contributed by atoms with Gasteiger partial charge in [0.15, 0.2) is 6.29 Å². The molecule has 5 rings (SSSR count). The molecule has 5 aliphatic rings. The maximum atomic E-state index is 16.2. The molecule has 0 amide bonds. The van der Waals surface area contributed by atoms with E-state index in [4.69, 9.17) is 9.47 Å². The van der Waals surface area contributed by atoms with Crippen molar-refractivity contribution < 1.29 is 13.9 Å². The largest absolute Gasteiger partial charge is 0.353 e. The summed E-state index contributed by atoms with van der Waals surface area (Å²) in [7, 11) is 0. The van der Waals surface area contributed by atoms with Crippen molar-refractivity contribution in [3.05, 3.63) is 0 Å². The minimum atomic E-state index is -1.48. The van der Waals surface area contributed by atoms with Crippen LogP contribution >= 0.6 is 0 Å². The summed E-state index contributed by atoms with van der Waals surface area (Å²) in [4.78, 5) is 0. The van der Waals surface area contributed by atoms with Crippen LogP contribution in [0.4, 0.5) is 4.39 Å². The highest BCUT2D eigenvalue weighted by Crippen LogP contribution is 2.68. The summed E-state index contributed by atoms with van der Waals surface area (Å²) in [5.41, 5.74) is 0.239.